The molecule has 2 fully saturated rings. The molecule has 2 aliphatic heterocycles. The number of rotatable bonds is 0. The maximum Gasteiger partial charge on any atom is 0.309 e. The van der Waals surface area contributed by atoms with Crippen LogP contribution in [0.1, 0.15) is 72.6 Å². The van der Waals surface area contributed by atoms with Gasteiger partial charge in [-0.2, -0.15) is 0 Å². The van der Waals surface area contributed by atoms with Gasteiger partial charge in [0, 0.05) is 0 Å². The fraction of sp³-hybridized carbons (Fsp3) is 0.850. The van der Waals surface area contributed by atoms with Gasteiger partial charge in [0.15, 0.2) is 0 Å². The molecule has 24 heavy (non-hydrogen) atoms. The molecule has 136 valence electrons. The average Bonchev–Trinajstić information content (AvgIpc) is 3.16. The van der Waals surface area contributed by atoms with Crippen molar-refractivity contribution in [2.24, 2.45) is 11.8 Å². The molecule has 6 atom stereocenters. The summed E-state index contributed by atoms with van der Waals surface area (Å²) in [7, 11) is 0. The molecule has 0 amide bonds. The number of epoxide rings is 1. The summed E-state index contributed by atoms with van der Waals surface area (Å²) in [5.41, 5.74) is 0.369. The van der Waals surface area contributed by atoms with Crippen LogP contribution in [0, 0.1) is 11.8 Å². The molecule has 0 radical (unpaired) electrons. The van der Waals surface area contributed by atoms with Gasteiger partial charge in [0.2, 0.25) is 0 Å². The Bertz CT molecular complexity index is 524. The predicted molar refractivity (Wildman–Crippen MR) is 92.5 cm³/mol. The number of ether oxygens (including phenoxy) is 2. The molecule has 0 aromatic heterocycles. The fourth-order valence-electron chi connectivity index (χ4n) is 4.30. The van der Waals surface area contributed by atoms with Gasteiger partial charge < -0.3 is 14.6 Å². The maximum atomic E-state index is 12.3. The van der Waals surface area contributed by atoms with Crippen LogP contribution in [0.15, 0.2) is 11.6 Å². The first-order valence-corrected chi connectivity index (χ1v) is 9.47. The first-order chi connectivity index (χ1) is 11.2. The van der Waals surface area contributed by atoms with Crippen molar-refractivity contribution < 1.29 is 19.4 Å². The Hall–Kier alpha value is -0.870. The van der Waals surface area contributed by atoms with E-state index in [-0.39, 0.29) is 23.4 Å². The first kappa shape index (κ1) is 17.9. The second kappa shape index (κ2) is 6.45. The van der Waals surface area contributed by atoms with Gasteiger partial charge in [-0.1, -0.05) is 18.6 Å². The number of esters is 1. The smallest absolute Gasteiger partial charge is 0.309 e. The zero-order chi connectivity index (χ0) is 17.5. The summed E-state index contributed by atoms with van der Waals surface area (Å²) in [6.07, 6.45) is 8.44. The van der Waals surface area contributed by atoms with Crippen molar-refractivity contribution in [3.63, 3.8) is 0 Å². The van der Waals surface area contributed by atoms with Crippen molar-refractivity contribution in [2.75, 3.05) is 0 Å². The van der Waals surface area contributed by atoms with E-state index in [2.05, 4.69) is 19.9 Å². The van der Waals surface area contributed by atoms with E-state index in [1.807, 2.05) is 13.8 Å². The molecule has 3 aliphatic rings. The fourth-order valence-corrected chi connectivity index (χ4v) is 4.30. The topological polar surface area (TPSA) is 59.1 Å². The van der Waals surface area contributed by atoms with Crippen LogP contribution in [0.25, 0.3) is 0 Å². The summed E-state index contributed by atoms with van der Waals surface area (Å²) < 4.78 is 11.6. The lowest BCUT2D eigenvalue weighted by molar-refractivity contribution is -0.184. The van der Waals surface area contributed by atoms with E-state index in [4.69, 9.17) is 9.47 Å². The van der Waals surface area contributed by atoms with Gasteiger partial charge in [-0.05, 0) is 71.6 Å². The molecule has 2 heterocycles. The molecule has 1 aliphatic carbocycles. The third-order valence-corrected chi connectivity index (χ3v) is 6.54. The average molecular weight is 336 g/mol. The summed E-state index contributed by atoms with van der Waals surface area (Å²) in [6.45, 7) is 8.12. The third kappa shape index (κ3) is 3.70. The van der Waals surface area contributed by atoms with Crippen molar-refractivity contribution in [3.05, 3.63) is 11.6 Å². The highest BCUT2D eigenvalue weighted by molar-refractivity contribution is 5.73. The van der Waals surface area contributed by atoms with Gasteiger partial charge in [-0.3, -0.25) is 4.79 Å². The number of aliphatic hydroxyl groups is 1. The van der Waals surface area contributed by atoms with Crippen molar-refractivity contribution >= 4 is 5.97 Å². The zero-order valence-corrected chi connectivity index (χ0v) is 15.5. The molecule has 4 nitrogen and oxygen atoms in total. The van der Waals surface area contributed by atoms with E-state index < -0.39 is 11.7 Å². The summed E-state index contributed by atoms with van der Waals surface area (Å²) in [4.78, 5) is 12.3. The van der Waals surface area contributed by atoms with Crippen molar-refractivity contribution in [1.82, 2.24) is 0 Å². The minimum absolute atomic E-state index is 0.0243. The number of carbonyl (C=O) groups excluding carboxylic acids is 1. The number of fused-ring (bicyclic) bond motifs is 3. The molecule has 1 unspecified atom stereocenters. The van der Waals surface area contributed by atoms with E-state index in [0.717, 1.165) is 38.5 Å². The van der Waals surface area contributed by atoms with Crippen molar-refractivity contribution in [3.8, 4) is 0 Å². The first-order valence-electron chi connectivity index (χ1n) is 9.47. The summed E-state index contributed by atoms with van der Waals surface area (Å²) in [5.74, 6) is 0.0197. The number of allylic oxidation sites excluding steroid dienone is 2. The highest BCUT2D eigenvalue weighted by Crippen LogP contribution is 2.46. The lowest BCUT2D eigenvalue weighted by Crippen LogP contribution is -2.49. The van der Waals surface area contributed by atoms with Gasteiger partial charge in [0.05, 0.1) is 23.2 Å². The largest absolute Gasteiger partial charge is 0.459 e. The van der Waals surface area contributed by atoms with Crippen LogP contribution >= 0.6 is 0 Å². The van der Waals surface area contributed by atoms with Crippen molar-refractivity contribution in [1.29, 1.82) is 0 Å². The molecule has 2 saturated heterocycles. The SMILES string of the molecule is C/C1=C\CC[C@](C)(O)[C@H]2C[C@@H](CC[C@]3(C)OC3CC1)[C@@H](C)C(=O)O2. The molecular formula is C20H32O4. The van der Waals surface area contributed by atoms with E-state index >= 15 is 0 Å². The van der Waals surface area contributed by atoms with Crippen LogP contribution in [0.5, 0.6) is 0 Å². The Morgan fingerprint density at radius 1 is 1.21 bits per heavy atom. The van der Waals surface area contributed by atoms with Gasteiger partial charge in [0.1, 0.15) is 6.10 Å². The zero-order valence-electron chi connectivity index (χ0n) is 15.5. The Labute approximate surface area is 145 Å². The highest BCUT2D eigenvalue weighted by atomic mass is 16.6. The third-order valence-electron chi connectivity index (χ3n) is 6.54. The minimum atomic E-state index is -0.961. The molecule has 0 spiro atoms. The maximum absolute atomic E-state index is 12.3. The molecule has 3 rings (SSSR count). The normalized spacial score (nSPS) is 49.2. The molecule has 0 aromatic carbocycles. The van der Waals surface area contributed by atoms with Crippen LogP contribution < -0.4 is 0 Å². The van der Waals surface area contributed by atoms with Gasteiger partial charge in [-0.25, -0.2) is 0 Å². The van der Waals surface area contributed by atoms with Crippen LogP contribution in [0.4, 0.5) is 0 Å². The quantitative estimate of drug-likeness (QED) is 0.416. The lowest BCUT2D eigenvalue weighted by Gasteiger charge is -2.40. The highest BCUT2D eigenvalue weighted by Gasteiger charge is 2.52. The molecule has 0 saturated carbocycles. The summed E-state index contributed by atoms with van der Waals surface area (Å²) >= 11 is 0. The number of hydrogen-bond donors (Lipinski definition) is 1. The Balaban J connectivity index is 1.78. The van der Waals surface area contributed by atoms with Gasteiger partial charge >= 0.3 is 5.97 Å². The van der Waals surface area contributed by atoms with Crippen LogP contribution in [0.2, 0.25) is 0 Å². The van der Waals surface area contributed by atoms with E-state index in [1.165, 1.54) is 5.57 Å². The molecular weight excluding hydrogens is 304 g/mol. The van der Waals surface area contributed by atoms with Crippen LogP contribution in [-0.2, 0) is 14.3 Å². The molecule has 0 aromatic rings. The standard InChI is InChI=1S/C20H32O4/c1-13-6-5-10-19(3,22)17-12-15(14(2)18(21)23-17)9-11-20(4)16(24-20)8-7-13/h6,14-17,22H,5,7-12H2,1-4H3/b13-6+/t14-,15-,16?,17-,19+,20+/m1/s1. The number of hydrogen-bond acceptors (Lipinski definition) is 4. The monoisotopic (exact) mass is 336 g/mol. The second-order valence-electron chi connectivity index (χ2n) is 8.65. The molecule has 2 bridgehead atoms. The van der Waals surface area contributed by atoms with Crippen LogP contribution in [-0.4, -0.2) is 34.5 Å². The van der Waals surface area contributed by atoms with E-state index in [0.29, 0.717) is 12.5 Å². The Morgan fingerprint density at radius 3 is 2.71 bits per heavy atom. The lowest BCUT2D eigenvalue weighted by atomic mass is 9.76. The molecule has 1 N–H and O–H groups in total. The Morgan fingerprint density at radius 2 is 1.96 bits per heavy atom. The predicted octanol–water partition coefficient (Wildman–Crippen LogP) is 3.76. The minimum Gasteiger partial charge on any atom is -0.459 e. The van der Waals surface area contributed by atoms with Gasteiger partial charge in [-0.15, -0.1) is 0 Å². The van der Waals surface area contributed by atoms with E-state index in [1.54, 1.807) is 0 Å². The van der Waals surface area contributed by atoms with Crippen molar-refractivity contribution in [2.45, 2.75) is 96.1 Å². The Kier molecular flexibility index (Phi) is 4.82. The second-order valence-corrected chi connectivity index (χ2v) is 8.65. The van der Waals surface area contributed by atoms with Crippen LogP contribution in [0.3, 0.4) is 0 Å². The molecule has 4 heteroatoms. The summed E-state index contributed by atoms with van der Waals surface area (Å²) in [5, 5.41) is 10.9. The van der Waals surface area contributed by atoms with E-state index in [9.17, 15) is 9.90 Å². The summed E-state index contributed by atoms with van der Waals surface area (Å²) in [6, 6.07) is 0. The number of carbonyl (C=O) groups is 1. The van der Waals surface area contributed by atoms with Gasteiger partial charge in [0.25, 0.3) is 0 Å².